The SMILES string of the molecule is C=C/C=C\C(=C/C=C)CCCC(=O)O.CC. The molecule has 0 aromatic rings. The third-order valence-electron chi connectivity index (χ3n) is 1.63. The van der Waals surface area contributed by atoms with Gasteiger partial charge in [-0.3, -0.25) is 4.79 Å². The molecule has 0 aliphatic carbocycles. The lowest BCUT2D eigenvalue weighted by atomic mass is 10.1. The fraction of sp³-hybridized carbons (Fsp3) is 0.357. The van der Waals surface area contributed by atoms with E-state index in [-0.39, 0.29) is 6.42 Å². The summed E-state index contributed by atoms with van der Waals surface area (Å²) in [5, 5.41) is 8.46. The van der Waals surface area contributed by atoms with Crippen LogP contribution in [0.5, 0.6) is 0 Å². The molecule has 16 heavy (non-hydrogen) atoms. The average Bonchev–Trinajstić information content (AvgIpc) is 2.28. The van der Waals surface area contributed by atoms with E-state index in [0.29, 0.717) is 6.42 Å². The van der Waals surface area contributed by atoms with Crippen LogP contribution in [0.2, 0.25) is 0 Å². The fourth-order valence-corrected chi connectivity index (χ4v) is 1.01. The number of allylic oxidation sites excluding steroid dienone is 6. The molecule has 1 N–H and O–H groups in total. The summed E-state index contributed by atoms with van der Waals surface area (Å²) in [4.78, 5) is 10.3. The second-order valence-corrected chi connectivity index (χ2v) is 2.82. The summed E-state index contributed by atoms with van der Waals surface area (Å²) in [5.41, 5.74) is 1.07. The van der Waals surface area contributed by atoms with Crippen LogP contribution in [-0.4, -0.2) is 11.1 Å². The molecule has 2 heteroatoms. The lowest BCUT2D eigenvalue weighted by Gasteiger charge is -1.98. The van der Waals surface area contributed by atoms with E-state index in [4.69, 9.17) is 5.11 Å². The number of carboxylic acid groups (broad SMARTS) is 1. The number of carbonyl (C=O) groups is 1. The maximum Gasteiger partial charge on any atom is 0.303 e. The third-order valence-corrected chi connectivity index (χ3v) is 1.63. The zero-order valence-corrected chi connectivity index (χ0v) is 10.3. The van der Waals surface area contributed by atoms with Crippen molar-refractivity contribution < 1.29 is 9.90 Å². The van der Waals surface area contributed by atoms with Crippen molar-refractivity contribution in [1.29, 1.82) is 0 Å². The van der Waals surface area contributed by atoms with Gasteiger partial charge in [0.05, 0.1) is 0 Å². The Hall–Kier alpha value is -1.57. The molecule has 0 atom stereocenters. The molecule has 0 amide bonds. The molecule has 0 rings (SSSR count). The van der Waals surface area contributed by atoms with Crippen LogP contribution in [0.3, 0.4) is 0 Å². The first kappa shape index (κ1) is 16.8. The van der Waals surface area contributed by atoms with Gasteiger partial charge in [-0.1, -0.05) is 57.4 Å². The van der Waals surface area contributed by atoms with Gasteiger partial charge in [-0.2, -0.15) is 0 Å². The summed E-state index contributed by atoms with van der Waals surface area (Å²) >= 11 is 0. The average molecular weight is 222 g/mol. The summed E-state index contributed by atoms with van der Waals surface area (Å²) in [6.07, 6.45) is 10.6. The predicted octanol–water partition coefficient (Wildman–Crippen LogP) is 4.12. The number of aliphatic carboxylic acids is 1. The maximum absolute atomic E-state index is 10.3. The van der Waals surface area contributed by atoms with E-state index < -0.39 is 5.97 Å². The minimum atomic E-state index is -0.754. The summed E-state index contributed by atoms with van der Waals surface area (Å²) in [6.45, 7) is 11.2. The van der Waals surface area contributed by atoms with Crippen LogP contribution in [0.1, 0.15) is 33.1 Å². The third kappa shape index (κ3) is 12.4. The Morgan fingerprint density at radius 1 is 1.19 bits per heavy atom. The molecule has 0 aliphatic heterocycles. The van der Waals surface area contributed by atoms with Crippen molar-refractivity contribution in [3.05, 3.63) is 49.1 Å². The molecule has 0 spiro atoms. The first-order valence-corrected chi connectivity index (χ1v) is 5.53. The Balaban J connectivity index is 0. The van der Waals surface area contributed by atoms with Crippen molar-refractivity contribution in [2.24, 2.45) is 0 Å². The standard InChI is InChI=1S/C12H16O2.C2H6/c1-3-5-8-11(7-4-2)9-6-10-12(13)14;1-2/h3-5,7-8H,1-2,6,9-10H2,(H,13,14);1-2H3/b8-5-,11-7+;. The molecule has 0 aromatic heterocycles. The van der Waals surface area contributed by atoms with E-state index >= 15 is 0 Å². The Labute approximate surface area is 98.7 Å². The molecule has 0 heterocycles. The molecule has 0 fully saturated rings. The van der Waals surface area contributed by atoms with Crippen LogP contribution in [0.15, 0.2) is 49.1 Å². The summed E-state index contributed by atoms with van der Waals surface area (Å²) in [6, 6.07) is 0. The van der Waals surface area contributed by atoms with E-state index in [2.05, 4.69) is 13.2 Å². The van der Waals surface area contributed by atoms with E-state index in [1.54, 1.807) is 12.2 Å². The summed E-state index contributed by atoms with van der Waals surface area (Å²) in [7, 11) is 0. The van der Waals surface area contributed by atoms with Crippen molar-refractivity contribution in [1.82, 2.24) is 0 Å². The molecular weight excluding hydrogens is 200 g/mol. The molecule has 0 radical (unpaired) electrons. The smallest absolute Gasteiger partial charge is 0.303 e. The number of carboxylic acids is 1. The van der Waals surface area contributed by atoms with Crippen molar-refractivity contribution in [3.8, 4) is 0 Å². The molecule has 0 saturated heterocycles. The first-order valence-electron chi connectivity index (χ1n) is 5.53. The zero-order chi connectivity index (χ0) is 12.8. The number of rotatable bonds is 7. The van der Waals surface area contributed by atoms with E-state index in [9.17, 15) is 4.79 Å². The van der Waals surface area contributed by atoms with Crippen LogP contribution in [0.25, 0.3) is 0 Å². The Morgan fingerprint density at radius 2 is 1.81 bits per heavy atom. The van der Waals surface area contributed by atoms with Gasteiger partial charge in [0.25, 0.3) is 0 Å². The minimum absolute atomic E-state index is 0.205. The molecule has 0 aromatic carbocycles. The van der Waals surface area contributed by atoms with E-state index in [1.165, 1.54) is 0 Å². The Bertz CT molecular complexity index is 260. The molecule has 2 nitrogen and oxygen atoms in total. The summed E-state index contributed by atoms with van der Waals surface area (Å²) < 4.78 is 0. The zero-order valence-electron chi connectivity index (χ0n) is 10.3. The highest BCUT2D eigenvalue weighted by molar-refractivity contribution is 5.66. The minimum Gasteiger partial charge on any atom is -0.481 e. The van der Waals surface area contributed by atoms with Crippen molar-refractivity contribution in [2.45, 2.75) is 33.1 Å². The maximum atomic E-state index is 10.3. The van der Waals surface area contributed by atoms with Gasteiger partial charge in [-0.25, -0.2) is 0 Å². The quantitative estimate of drug-likeness (QED) is 0.658. The second kappa shape index (κ2) is 13.4. The van der Waals surface area contributed by atoms with Gasteiger partial charge in [0, 0.05) is 6.42 Å². The van der Waals surface area contributed by atoms with Crippen molar-refractivity contribution >= 4 is 5.97 Å². The van der Waals surface area contributed by atoms with Crippen LogP contribution in [-0.2, 0) is 4.79 Å². The lowest BCUT2D eigenvalue weighted by molar-refractivity contribution is -0.137. The van der Waals surface area contributed by atoms with Crippen LogP contribution in [0, 0.1) is 0 Å². The lowest BCUT2D eigenvalue weighted by Crippen LogP contribution is -1.93. The molecule has 0 unspecified atom stereocenters. The fourth-order valence-electron chi connectivity index (χ4n) is 1.01. The highest BCUT2D eigenvalue weighted by Crippen LogP contribution is 2.09. The predicted molar refractivity (Wildman–Crippen MR) is 70.5 cm³/mol. The van der Waals surface area contributed by atoms with Gasteiger partial charge in [0.15, 0.2) is 0 Å². The molecule has 90 valence electrons. The van der Waals surface area contributed by atoms with Gasteiger partial charge < -0.3 is 5.11 Å². The number of hydrogen-bond acceptors (Lipinski definition) is 1. The molecule has 0 saturated carbocycles. The molecular formula is C14H22O2. The van der Waals surface area contributed by atoms with E-state index in [0.717, 1.165) is 12.0 Å². The van der Waals surface area contributed by atoms with Gasteiger partial charge >= 0.3 is 5.97 Å². The van der Waals surface area contributed by atoms with Crippen molar-refractivity contribution in [2.75, 3.05) is 0 Å². The topological polar surface area (TPSA) is 37.3 Å². The van der Waals surface area contributed by atoms with Crippen molar-refractivity contribution in [3.63, 3.8) is 0 Å². The van der Waals surface area contributed by atoms with Gasteiger partial charge in [0.2, 0.25) is 0 Å². The molecule has 0 aliphatic rings. The van der Waals surface area contributed by atoms with E-state index in [1.807, 2.05) is 32.1 Å². The van der Waals surface area contributed by atoms with Gasteiger partial charge in [-0.05, 0) is 18.4 Å². The van der Waals surface area contributed by atoms with Gasteiger partial charge in [0.1, 0.15) is 0 Å². The highest BCUT2D eigenvalue weighted by Gasteiger charge is 1.97. The monoisotopic (exact) mass is 222 g/mol. The molecule has 0 bridgehead atoms. The first-order chi connectivity index (χ1) is 7.70. The Morgan fingerprint density at radius 3 is 2.25 bits per heavy atom. The largest absolute Gasteiger partial charge is 0.481 e. The van der Waals surface area contributed by atoms with Gasteiger partial charge in [-0.15, -0.1) is 0 Å². The summed E-state index contributed by atoms with van der Waals surface area (Å²) in [5.74, 6) is -0.754. The second-order valence-electron chi connectivity index (χ2n) is 2.82. The normalized spacial score (nSPS) is 10.5. The number of hydrogen-bond donors (Lipinski definition) is 1. The van der Waals surface area contributed by atoms with Crippen LogP contribution in [0.4, 0.5) is 0 Å². The highest BCUT2D eigenvalue weighted by atomic mass is 16.4. The Kier molecular flexibility index (Phi) is 14.1. The van der Waals surface area contributed by atoms with Crippen LogP contribution < -0.4 is 0 Å². The van der Waals surface area contributed by atoms with Crippen LogP contribution >= 0.6 is 0 Å².